The van der Waals surface area contributed by atoms with Gasteiger partial charge in [-0.05, 0) is 56.2 Å². The van der Waals surface area contributed by atoms with Crippen molar-refractivity contribution >= 4 is 29.1 Å². The summed E-state index contributed by atoms with van der Waals surface area (Å²) >= 11 is 6.41. The summed E-state index contributed by atoms with van der Waals surface area (Å²) in [6.45, 7) is 6.16. The van der Waals surface area contributed by atoms with E-state index in [1.807, 2.05) is 50.2 Å². The first-order chi connectivity index (χ1) is 16.8. The predicted molar refractivity (Wildman–Crippen MR) is 134 cm³/mol. The number of furan rings is 1. The number of benzene rings is 2. The van der Waals surface area contributed by atoms with Crippen molar-refractivity contribution in [3.05, 3.63) is 94.3 Å². The lowest BCUT2D eigenvalue weighted by Crippen LogP contribution is -2.64. The molecule has 4 aromatic rings. The topological polar surface area (TPSA) is 80.4 Å². The molecular weight excluding hydrogens is 464 g/mol. The van der Waals surface area contributed by atoms with Crippen LogP contribution in [-0.2, 0) is 17.9 Å². The van der Waals surface area contributed by atoms with E-state index in [9.17, 15) is 9.59 Å². The number of nitrogens with zero attached hydrogens (tertiary/aromatic N) is 3. The molecule has 1 unspecified atom stereocenters. The van der Waals surface area contributed by atoms with Gasteiger partial charge in [0.2, 0.25) is 5.91 Å². The summed E-state index contributed by atoms with van der Waals surface area (Å²) in [6.07, 6.45) is 1.55. The van der Waals surface area contributed by atoms with Crippen molar-refractivity contribution in [2.75, 3.05) is 4.90 Å². The molecule has 1 N–H and O–H groups in total. The van der Waals surface area contributed by atoms with E-state index >= 15 is 0 Å². The van der Waals surface area contributed by atoms with Crippen LogP contribution in [0.15, 0.2) is 71.3 Å². The standard InChI is InChI=1S/C27H25ClN4O3/c1-17-6-4-7-19(12-17)15-29-26(34)27(3)16-31-23(14-22(30-31)24-8-5-11-35-24)25(33)32(27)20-10-9-18(2)21(28)13-20/h4-14H,15-16H2,1-3H3,(H,29,34). The van der Waals surface area contributed by atoms with Crippen molar-refractivity contribution in [1.82, 2.24) is 15.1 Å². The molecule has 2 aromatic carbocycles. The number of halogens is 1. The third-order valence-electron chi connectivity index (χ3n) is 6.37. The fraction of sp³-hybridized carbons (Fsp3) is 0.222. The second-order valence-electron chi connectivity index (χ2n) is 9.07. The van der Waals surface area contributed by atoms with Crippen LogP contribution < -0.4 is 10.2 Å². The summed E-state index contributed by atoms with van der Waals surface area (Å²) in [6, 6.07) is 18.5. The van der Waals surface area contributed by atoms with Gasteiger partial charge < -0.3 is 9.73 Å². The molecule has 178 valence electrons. The molecule has 3 heterocycles. The number of aryl methyl sites for hydroxylation is 2. The smallest absolute Gasteiger partial charge is 0.277 e. The fourth-order valence-electron chi connectivity index (χ4n) is 4.45. The highest BCUT2D eigenvalue weighted by atomic mass is 35.5. The zero-order valence-electron chi connectivity index (χ0n) is 19.7. The molecule has 0 fully saturated rings. The average molecular weight is 489 g/mol. The molecule has 35 heavy (non-hydrogen) atoms. The number of carbonyl (C=O) groups is 2. The fourth-order valence-corrected chi connectivity index (χ4v) is 4.62. The number of fused-ring (bicyclic) bond motifs is 1. The molecule has 7 nitrogen and oxygen atoms in total. The zero-order valence-corrected chi connectivity index (χ0v) is 20.5. The van der Waals surface area contributed by atoms with Crippen molar-refractivity contribution in [3.8, 4) is 11.5 Å². The Balaban J connectivity index is 1.55. The van der Waals surface area contributed by atoms with Crippen LogP contribution in [0.4, 0.5) is 5.69 Å². The summed E-state index contributed by atoms with van der Waals surface area (Å²) < 4.78 is 7.05. The number of aromatic nitrogens is 2. The summed E-state index contributed by atoms with van der Waals surface area (Å²) in [5.74, 6) is -0.0744. The molecule has 1 aliphatic rings. The Morgan fingerprint density at radius 2 is 1.97 bits per heavy atom. The third-order valence-corrected chi connectivity index (χ3v) is 6.77. The first-order valence-corrected chi connectivity index (χ1v) is 11.7. The van der Waals surface area contributed by atoms with Crippen molar-refractivity contribution in [2.24, 2.45) is 0 Å². The lowest BCUT2D eigenvalue weighted by Gasteiger charge is -2.43. The van der Waals surface area contributed by atoms with Crippen LogP contribution in [0.1, 0.15) is 34.1 Å². The van der Waals surface area contributed by atoms with Gasteiger partial charge in [0.1, 0.15) is 16.9 Å². The van der Waals surface area contributed by atoms with Gasteiger partial charge in [0, 0.05) is 23.3 Å². The molecule has 8 heteroatoms. The lowest BCUT2D eigenvalue weighted by atomic mass is 9.93. The van der Waals surface area contributed by atoms with Crippen LogP contribution in [0.5, 0.6) is 0 Å². The summed E-state index contributed by atoms with van der Waals surface area (Å²) in [4.78, 5) is 29.1. The van der Waals surface area contributed by atoms with Crippen LogP contribution in [0.3, 0.4) is 0 Å². The minimum atomic E-state index is -1.25. The van der Waals surface area contributed by atoms with Crippen molar-refractivity contribution in [1.29, 1.82) is 0 Å². The Labute approximate surface area is 208 Å². The van der Waals surface area contributed by atoms with Gasteiger partial charge in [-0.1, -0.05) is 47.5 Å². The van der Waals surface area contributed by atoms with Crippen LogP contribution in [-0.4, -0.2) is 27.1 Å². The minimum absolute atomic E-state index is 0.167. The Morgan fingerprint density at radius 3 is 2.69 bits per heavy atom. The molecule has 0 saturated heterocycles. The molecule has 0 spiro atoms. The van der Waals surface area contributed by atoms with E-state index in [4.69, 9.17) is 16.0 Å². The molecular formula is C27H25ClN4O3. The van der Waals surface area contributed by atoms with E-state index in [0.29, 0.717) is 34.4 Å². The van der Waals surface area contributed by atoms with Gasteiger partial charge in [0.05, 0.1) is 12.8 Å². The highest BCUT2D eigenvalue weighted by molar-refractivity contribution is 6.31. The maximum absolute atomic E-state index is 13.8. The van der Waals surface area contributed by atoms with Gasteiger partial charge in [0.15, 0.2) is 5.76 Å². The quantitative estimate of drug-likeness (QED) is 0.421. The first-order valence-electron chi connectivity index (χ1n) is 11.3. The molecule has 2 amide bonds. The Bertz CT molecular complexity index is 1430. The van der Waals surface area contributed by atoms with Crippen LogP contribution in [0, 0.1) is 13.8 Å². The molecule has 0 bridgehead atoms. The number of rotatable bonds is 5. The van der Waals surface area contributed by atoms with Gasteiger partial charge in [0.25, 0.3) is 5.91 Å². The first kappa shape index (κ1) is 22.9. The summed E-state index contributed by atoms with van der Waals surface area (Å²) in [5, 5.41) is 8.12. The molecule has 0 aliphatic carbocycles. The summed E-state index contributed by atoms with van der Waals surface area (Å²) in [7, 11) is 0. The Morgan fingerprint density at radius 1 is 1.14 bits per heavy atom. The molecule has 0 radical (unpaired) electrons. The van der Waals surface area contributed by atoms with E-state index in [0.717, 1.165) is 16.7 Å². The number of hydrogen-bond donors (Lipinski definition) is 1. The largest absolute Gasteiger partial charge is 0.463 e. The maximum atomic E-state index is 13.8. The number of nitrogens with one attached hydrogen (secondary N) is 1. The van der Waals surface area contributed by atoms with Crippen molar-refractivity contribution in [2.45, 2.75) is 39.4 Å². The second-order valence-corrected chi connectivity index (χ2v) is 9.48. The van der Waals surface area contributed by atoms with E-state index in [-0.39, 0.29) is 18.4 Å². The molecule has 2 aromatic heterocycles. The number of carbonyl (C=O) groups excluding carboxylic acids is 2. The molecule has 5 rings (SSSR count). The zero-order chi connectivity index (χ0) is 24.7. The molecule has 1 atom stereocenters. The normalized spacial score (nSPS) is 17.4. The average Bonchev–Trinajstić information content (AvgIpc) is 3.50. The highest BCUT2D eigenvalue weighted by Crippen LogP contribution is 2.36. The Hall–Kier alpha value is -3.84. The third kappa shape index (κ3) is 4.12. The van der Waals surface area contributed by atoms with Crippen LogP contribution in [0.2, 0.25) is 5.02 Å². The van der Waals surface area contributed by atoms with E-state index in [1.54, 1.807) is 42.1 Å². The lowest BCUT2D eigenvalue weighted by molar-refractivity contribution is -0.126. The monoisotopic (exact) mass is 488 g/mol. The minimum Gasteiger partial charge on any atom is -0.463 e. The van der Waals surface area contributed by atoms with Gasteiger partial charge in [-0.2, -0.15) is 5.10 Å². The van der Waals surface area contributed by atoms with E-state index in [1.165, 1.54) is 4.90 Å². The van der Waals surface area contributed by atoms with Gasteiger partial charge >= 0.3 is 0 Å². The van der Waals surface area contributed by atoms with Crippen LogP contribution in [0.25, 0.3) is 11.5 Å². The highest BCUT2D eigenvalue weighted by Gasteiger charge is 2.49. The van der Waals surface area contributed by atoms with Gasteiger partial charge in [-0.15, -0.1) is 0 Å². The number of amides is 2. The van der Waals surface area contributed by atoms with Gasteiger partial charge in [-0.3, -0.25) is 19.2 Å². The molecule has 0 saturated carbocycles. The van der Waals surface area contributed by atoms with Crippen molar-refractivity contribution in [3.63, 3.8) is 0 Å². The van der Waals surface area contributed by atoms with Crippen molar-refractivity contribution < 1.29 is 14.0 Å². The van der Waals surface area contributed by atoms with Crippen LogP contribution >= 0.6 is 11.6 Å². The Kier molecular flexibility index (Phi) is 5.73. The second kappa shape index (κ2) is 8.74. The van der Waals surface area contributed by atoms with E-state index in [2.05, 4.69) is 10.4 Å². The number of anilines is 1. The number of hydrogen-bond acceptors (Lipinski definition) is 4. The van der Waals surface area contributed by atoms with E-state index < -0.39 is 5.54 Å². The maximum Gasteiger partial charge on any atom is 0.277 e. The van der Waals surface area contributed by atoms with Gasteiger partial charge in [-0.25, -0.2) is 0 Å². The molecule has 1 aliphatic heterocycles. The predicted octanol–water partition coefficient (Wildman–Crippen LogP) is 5.15. The SMILES string of the molecule is Cc1cccc(CNC(=O)C2(C)Cn3nc(-c4ccco4)cc3C(=O)N2c2ccc(C)c(Cl)c2)c1. The summed E-state index contributed by atoms with van der Waals surface area (Å²) in [5.41, 5.74) is 3.18.